The molecule has 0 saturated carbocycles. The summed E-state index contributed by atoms with van der Waals surface area (Å²) in [6.07, 6.45) is -0.883. The molecule has 5 rings (SSSR count). The Hall–Kier alpha value is -5.99. The monoisotopic (exact) mass is 652 g/mol. The molecule has 2 heterocycles. The first kappa shape index (κ1) is 32.4. The fourth-order valence-corrected chi connectivity index (χ4v) is 4.66. The van der Waals surface area contributed by atoms with Crippen LogP contribution in [0.2, 0.25) is 0 Å². The molecule has 0 aliphatic carbocycles. The molecule has 0 unspecified atom stereocenters. The van der Waals surface area contributed by atoms with Gasteiger partial charge in [-0.3, -0.25) is 14.3 Å². The second-order valence-corrected chi connectivity index (χ2v) is 9.94. The SMILES string of the molecule is CCn1ncc2cc(Oc3ccc(NC(=O)c4ccc(OCC(F)(F)F)n(-c5ccc(F)cc5)c4=O)cc3F)c(/C(C=N)=C/N)cc21. The predicted molar refractivity (Wildman–Crippen MR) is 164 cm³/mol. The van der Waals surface area contributed by atoms with Crippen molar-refractivity contribution in [1.82, 2.24) is 14.3 Å². The number of hydrogen-bond donors (Lipinski definition) is 3. The Kier molecular flexibility index (Phi) is 9.08. The van der Waals surface area contributed by atoms with Gasteiger partial charge in [-0.25, -0.2) is 13.3 Å². The van der Waals surface area contributed by atoms with Gasteiger partial charge in [-0.05, 0) is 67.6 Å². The Morgan fingerprint density at radius 3 is 2.40 bits per heavy atom. The summed E-state index contributed by atoms with van der Waals surface area (Å²) in [7, 11) is 0. The van der Waals surface area contributed by atoms with Gasteiger partial charge in [0.2, 0.25) is 5.88 Å². The van der Waals surface area contributed by atoms with Crippen LogP contribution in [0.3, 0.4) is 0 Å². The van der Waals surface area contributed by atoms with Crippen LogP contribution in [0.1, 0.15) is 22.8 Å². The third-order valence-electron chi connectivity index (χ3n) is 6.86. The number of allylic oxidation sites excluding steroid dienone is 1. The van der Waals surface area contributed by atoms with E-state index < -0.39 is 47.3 Å². The molecule has 242 valence electrons. The highest BCUT2D eigenvalue weighted by atomic mass is 19.4. The second-order valence-electron chi connectivity index (χ2n) is 9.94. The minimum Gasteiger partial charge on any atom is -0.469 e. The van der Waals surface area contributed by atoms with Crippen molar-refractivity contribution in [3.05, 3.63) is 112 Å². The van der Waals surface area contributed by atoms with Gasteiger partial charge in [0.15, 0.2) is 18.2 Å². The van der Waals surface area contributed by atoms with E-state index >= 15 is 4.39 Å². The van der Waals surface area contributed by atoms with Gasteiger partial charge in [-0.2, -0.15) is 18.3 Å². The first-order valence-corrected chi connectivity index (χ1v) is 13.8. The van der Waals surface area contributed by atoms with Crippen molar-refractivity contribution in [2.45, 2.75) is 19.6 Å². The number of pyridine rings is 1. The van der Waals surface area contributed by atoms with Crippen molar-refractivity contribution in [2.24, 2.45) is 5.73 Å². The number of anilines is 1. The van der Waals surface area contributed by atoms with Crippen LogP contribution in [0.4, 0.5) is 27.6 Å². The van der Waals surface area contributed by atoms with Crippen molar-refractivity contribution >= 4 is 34.3 Å². The van der Waals surface area contributed by atoms with Gasteiger partial charge in [-0.15, -0.1) is 0 Å². The van der Waals surface area contributed by atoms with Gasteiger partial charge in [0.05, 0.1) is 17.4 Å². The zero-order chi connectivity index (χ0) is 33.9. The Morgan fingerprint density at radius 1 is 1.02 bits per heavy atom. The van der Waals surface area contributed by atoms with E-state index in [1.807, 2.05) is 6.92 Å². The van der Waals surface area contributed by atoms with E-state index in [-0.39, 0.29) is 22.9 Å². The zero-order valence-electron chi connectivity index (χ0n) is 24.4. The van der Waals surface area contributed by atoms with Crippen LogP contribution in [-0.2, 0) is 6.54 Å². The van der Waals surface area contributed by atoms with E-state index in [2.05, 4.69) is 10.4 Å². The van der Waals surface area contributed by atoms with Gasteiger partial charge in [0, 0.05) is 47.2 Å². The topological polar surface area (TPSA) is 137 Å². The van der Waals surface area contributed by atoms with E-state index in [0.717, 1.165) is 54.2 Å². The fourth-order valence-electron chi connectivity index (χ4n) is 4.66. The Bertz CT molecular complexity index is 2070. The maximum atomic E-state index is 15.3. The van der Waals surface area contributed by atoms with Crippen molar-refractivity contribution < 1.29 is 36.2 Å². The molecule has 0 radical (unpaired) electrons. The lowest BCUT2D eigenvalue weighted by atomic mass is 10.0. The molecule has 0 saturated heterocycles. The number of nitrogens with zero attached hydrogens (tertiary/aromatic N) is 3. The lowest BCUT2D eigenvalue weighted by Crippen LogP contribution is -2.30. The van der Waals surface area contributed by atoms with Crippen molar-refractivity contribution in [3.63, 3.8) is 0 Å². The number of ether oxygens (including phenoxy) is 2. The summed E-state index contributed by atoms with van der Waals surface area (Å²) >= 11 is 0. The third-order valence-corrected chi connectivity index (χ3v) is 6.86. The summed E-state index contributed by atoms with van der Waals surface area (Å²) in [6.45, 7) is 0.759. The molecule has 2 aromatic heterocycles. The van der Waals surface area contributed by atoms with Crippen LogP contribution in [0.5, 0.6) is 17.4 Å². The molecule has 47 heavy (non-hydrogen) atoms. The van der Waals surface area contributed by atoms with Crippen LogP contribution in [0.15, 0.2) is 83.9 Å². The van der Waals surface area contributed by atoms with E-state index in [9.17, 15) is 27.2 Å². The minimum absolute atomic E-state index is 0.0639. The largest absolute Gasteiger partial charge is 0.469 e. The molecule has 0 atom stereocenters. The quantitative estimate of drug-likeness (QED) is 0.118. The number of carbonyl (C=O) groups excluding carboxylic acids is 1. The van der Waals surface area contributed by atoms with E-state index in [1.165, 1.54) is 18.3 Å². The highest BCUT2D eigenvalue weighted by Gasteiger charge is 2.29. The van der Waals surface area contributed by atoms with Gasteiger partial charge < -0.3 is 25.9 Å². The maximum Gasteiger partial charge on any atom is 0.422 e. The van der Waals surface area contributed by atoms with E-state index in [0.29, 0.717) is 27.6 Å². The van der Waals surface area contributed by atoms with Gasteiger partial charge >= 0.3 is 6.18 Å². The minimum atomic E-state index is -4.73. The predicted octanol–water partition coefficient (Wildman–Crippen LogP) is 6.42. The number of amides is 1. The number of nitrogens with one attached hydrogen (secondary N) is 2. The van der Waals surface area contributed by atoms with Gasteiger partial charge in [0.1, 0.15) is 17.1 Å². The first-order valence-electron chi connectivity index (χ1n) is 13.8. The number of nitrogens with two attached hydrogens (primary N) is 1. The molecule has 15 heteroatoms. The summed E-state index contributed by atoms with van der Waals surface area (Å²) in [6, 6.07) is 13.0. The normalized spacial score (nSPS) is 11.8. The van der Waals surface area contributed by atoms with Gasteiger partial charge in [0.25, 0.3) is 11.5 Å². The smallest absolute Gasteiger partial charge is 0.422 e. The lowest BCUT2D eigenvalue weighted by Gasteiger charge is -2.16. The summed E-state index contributed by atoms with van der Waals surface area (Å²) in [5.74, 6) is -3.18. The maximum absolute atomic E-state index is 15.3. The van der Waals surface area contributed by atoms with Crippen LogP contribution < -0.4 is 26.1 Å². The Balaban J connectivity index is 1.43. The second kappa shape index (κ2) is 13.2. The fraction of sp³-hybridized carbons (Fsp3) is 0.125. The lowest BCUT2D eigenvalue weighted by molar-refractivity contribution is -0.154. The number of alkyl halides is 3. The number of aryl methyl sites for hydroxylation is 1. The third kappa shape index (κ3) is 6.98. The molecular formula is C32H25F5N6O4. The molecule has 4 N–H and O–H groups in total. The molecule has 1 amide bonds. The molecule has 0 bridgehead atoms. The molecular weight excluding hydrogens is 627 g/mol. The van der Waals surface area contributed by atoms with Crippen molar-refractivity contribution in [2.75, 3.05) is 11.9 Å². The number of benzene rings is 3. The van der Waals surface area contributed by atoms with Crippen LogP contribution in [-0.4, -0.2) is 39.3 Å². The Morgan fingerprint density at radius 2 is 1.77 bits per heavy atom. The molecule has 0 spiro atoms. The number of hydrogen-bond acceptors (Lipinski definition) is 7. The number of aromatic nitrogens is 3. The van der Waals surface area contributed by atoms with Crippen LogP contribution >= 0.6 is 0 Å². The van der Waals surface area contributed by atoms with Crippen LogP contribution in [0.25, 0.3) is 22.2 Å². The number of fused-ring (bicyclic) bond motifs is 1. The van der Waals surface area contributed by atoms with Gasteiger partial charge in [-0.1, -0.05) is 0 Å². The number of carbonyl (C=O) groups is 1. The first-order chi connectivity index (χ1) is 22.4. The highest BCUT2D eigenvalue weighted by molar-refractivity contribution is 6.10. The number of halogens is 5. The van der Waals surface area contributed by atoms with Crippen molar-refractivity contribution in [1.29, 1.82) is 5.41 Å². The average Bonchev–Trinajstić information content (AvgIpc) is 3.44. The molecule has 0 fully saturated rings. The average molecular weight is 653 g/mol. The van der Waals surface area contributed by atoms with Crippen molar-refractivity contribution in [3.8, 4) is 23.1 Å². The summed E-state index contributed by atoms with van der Waals surface area (Å²) in [4.78, 5) is 26.4. The highest BCUT2D eigenvalue weighted by Crippen LogP contribution is 2.35. The van der Waals surface area contributed by atoms with Crippen LogP contribution in [0, 0.1) is 17.0 Å². The van der Waals surface area contributed by atoms with E-state index in [4.69, 9.17) is 20.6 Å². The standard InChI is InChI=1S/C32H25F5N6O4/c1-2-42-26-13-24(19(14-38)15-39)28(11-18(26)16-40-42)47-27-9-5-21(12-25(27)34)41-30(44)23-8-10-29(46-17-32(35,36)37)43(31(23)45)22-6-3-20(33)4-7-22/h3-16,38H,2,17,39H2,1H3,(H,41,44)/b19-15+,38-14?. The molecule has 0 aliphatic heterocycles. The summed E-state index contributed by atoms with van der Waals surface area (Å²) < 4.78 is 80.4. The molecule has 3 aromatic carbocycles. The molecule has 0 aliphatic rings. The Labute approximate surface area is 263 Å². The zero-order valence-corrected chi connectivity index (χ0v) is 24.4. The molecule has 5 aromatic rings. The van der Waals surface area contributed by atoms with E-state index in [1.54, 1.807) is 23.0 Å². The summed E-state index contributed by atoms with van der Waals surface area (Å²) in [5, 5.41) is 15.1. The number of rotatable bonds is 10. The molecule has 10 nitrogen and oxygen atoms in total. The summed E-state index contributed by atoms with van der Waals surface area (Å²) in [5.41, 5.74) is 5.43.